The summed E-state index contributed by atoms with van der Waals surface area (Å²) in [5.41, 5.74) is 2.74. The average Bonchev–Trinajstić information content (AvgIpc) is 3.42. The molecule has 8 nitrogen and oxygen atoms in total. The van der Waals surface area contributed by atoms with Crippen molar-refractivity contribution in [3.63, 3.8) is 0 Å². The van der Waals surface area contributed by atoms with Gasteiger partial charge in [0.2, 0.25) is 0 Å². The Labute approximate surface area is 177 Å². The number of ether oxygens (including phenoxy) is 1. The fraction of sp³-hybridized carbons (Fsp3) is 0.174. The molecule has 2 N–H and O–H groups in total. The molecule has 1 atom stereocenters. The van der Waals surface area contributed by atoms with Gasteiger partial charge in [-0.25, -0.2) is 0 Å². The predicted molar refractivity (Wildman–Crippen MR) is 114 cm³/mol. The van der Waals surface area contributed by atoms with Gasteiger partial charge in [-0.15, -0.1) is 0 Å². The van der Waals surface area contributed by atoms with E-state index in [1.165, 1.54) is 4.90 Å². The molecule has 0 aliphatic carbocycles. The summed E-state index contributed by atoms with van der Waals surface area (Å²) >= 11 is 0. The van der Waals surface area contributed by atoms with Gasteiger partial charge in [-0.3, -0.25) is 9.59 Å². The summed E-state index contributed by atoms with van der Waals surface area (Å²) in [7, 11) is 1.67. The first-order chi connectivity index (χ1) is 15.1. The number of benzene rings is 2. The second-order valence-corrected chi connectivity index (χ2v) is 7.46. The standard InChI is InChI=1S/C23H20N4O4/c1-27-20-10-15-7-8-24-17(15)12-21(20)30-13-19(23(27)29)25-22(28)18-11-16(31-26-18)9-14-5-3-2-4-6-14/h2-8,10-12,19,24H,9,13H2,1H3,(H,25,28). The van der Waals surface area contributed by atoms with Crippen LogP contribution in [0.4, 0.5) is 5.69 Å². The summed E-state index contributed by atoms with van der Waals surface area (Å²) in [4.78, 5) is 30.3. The second kappa shape index (κ2) is 7.64. The topological polar surface area (TPSA) is 100 Å². The molecular formula is C23H20N4O4. The van der Waals surface area contributed by atoms with Gasteiger partial charge in [0.15, 0.2) is 5.69 Å². The third-order valence-electron chi connectivity index (χ3n) is 5.35. The van der Waals surface area contributed by atoms with E-state index in [4.69, 9.17) is 9.26 Å². The molecule has 8 heteroatoms. The molecule has 0 bridgehead atoms. The minimum atomic E-state index is -0.850. The second-order valence-electron chi connectivity index (χ2n) is 7.46. The molecule has 31 heavy (non-hydrogen) atoms. The molecule has 2 aromatic carbocycles. The smallest absolute Gasteiger partial charge is 0.274 e. The third-order valence-corrected chi connectivity index (χ3v) is 5.35. The molecule has 2 aromatic heterocycles. The van der Waals surface area contributed by atoms with E-state index in [0.717, 1.165) is 16.5 Å². The first-order valence-electron chi connectivity index (χ1n) is 9.90. The van der Waals surface area contributed by atoms with Crippen LogP contribution in [0.5, 0.6) is 5.75 Å². The minimum absolute atomic E-state index is 0.0167. The molecule has 4 aromatic rings. The Morgan fingerprint density at radius 2 is 2.06 bits per heavy atom. The van der Waals surface area contributed by atoms with Crippen molar-refractivity contribution in [2.75, 3.05) is 18.6 Å². The van der Waals surface area contributed by atoms with Gasteiger partial charge in [-0.05, 0) is 17.7 Å². The van der Waals surface area contributed by atoms with Gasteiger partial charge in [0, 0.05) is 42.7 Å². The van der Waals surface area contributed by atoms with Crippen LogP contribution in [0.25, 0.3) is 10.9 Å². The first-order valence-corrected chi connectivity index (χ1v) is 9.90. The monoisotopic (exact) mass is 416 g/mol. The van der Waals surface area contributed by atoms with Crippen LogP contribution in [0.15, 0.2) is 65.3 Å². The molecule has 156 valence electrons. The molecule has 0 saturated heterocycles. The number of likely N-dealkylation sites (N-methyl/N-ethyl adjacent to an activating group) is 1. The lowest BCUT2D eigenvalue weighted by Crippen LogP contribution is -2.49. The number of carbonyl (C=O) groups is 2. The fourth-order valence-electron chi connectivity index (χ4n) is 3.68. The Morgan fingerprint density at radius 1 is 1.23 bits per heavy atom. The summed E-state index contributed by atoms with van der Waals surface area (Å²) in [5.74, 6) is 0.389. The number of rotatable bonds is 4. The van der Waals surface area contributed by atoms with Gasteiger partial charge in [0.25, 0.3) is 11.8 Å². The number of anilines is 1. The van der Waals surface area contributed by atoms with Gasteiger partial charge >= 0.3 is 0 Å². The maximum absolute atomic E-state index is 13.0. The molecule has 1 unspecified atom stereocenters. The van der Waals surface area contributed by atoms with Crippen LogP contribution in [0.3, 0.4) is 0 Å². The van der Waals surface area contributed by atoms with Crippen LogP contribution in [0.1, 0.15) is 21.8 Å². The number of hydrogen-bond donors (Lipinski definition) is 2. The molecule has 5 rings (SSSR count). The van der Waals surface area contributed by atoms with Gasteiger partial charge in [0.1, 0.15) is 24.2 Å². The van der Waals surface area contributed by atoms with E-state index in [9.17, 15) is 9.59 Å². The van der Waals surface area contributed by atoms with Gasteiger partial charge in [0.05, 0.1) is 5.69 Å². The first kappa shape index (κ1) is 18.9. The van der Waals surface area contributed by atoms with Crippen molar-refractivity contribution in [1.29, 1.82) is 0 Å². The van der Waals surface area contributed by atoms with Crippen molar-refractivity contribution in [3.8, 4) is 5.75 Å². The summed E-state index contributed by atoms with van der Waals surface area (Å²) in [6.45, 7) is 0.0167. The Bertz CT molecular complexity index is 1260. The van der Waals surface area contributed by atoms with Crippen molar-refractivity contribution in [2.45, 2.75) is 12.5 Å². The predicted octanol–water partition coefficient (Wildman–Crippen LogP) is 2.90. The highest BCUT2D eigenvalue weighted by Gasteiger charge is 2.31. The Hall–Kier alpha value is -4.07. The van der Waals surface area contributed by atoms with Crippen molar-refractivity contribution in [3.05, 3.63) is 77.8 Å². The highest BCUT2D eigenvalue weighted by Crippen LogP contribution is 2.34. The summed E-state index contributed by atoms with van der Waals surface area (Å²) in [5, 5.41) is 7.55. The highest BCUT2D eigenvalue weighted by atomic mass is 16.5. The Balaban J connectivity index is 1.31. The van der Waals surface area contributed by atoms with E-state index in [0.29, 0.717) is 23.6 Å². The summed E-state index contributed by atoms with van der Waals surface area (Å²) < 4.78 is 11.2. The maximum Gasteiger partial charge on any atom is 0.274 e. The largest absolute Gasteiger partial charge is 0.489 e. The molecular weight excluding hydrogens is 396 g/mol. The number of fused-ring (bicyclic) bond motifs is 2. The molecule has 0 radical (unpaired) electrons. The lowest BCUT2D eigenvalue weighted by Gasteiger charge is -2.20. The zero-order chi connectivity index (χ0) is 21.4. The highest BCUT2D eigenvalue weighted by molar-refractivity contribution is 6.04. The number of H-pyrrole nitrogens is 1. The average molecular weight is 416 g/mol. The zero-order valence-corrected chi connectivity index (χ0v) is 16.8. The Morgan fingerprint density at radius 3 is 2.90 bits per heavy atom. The quantitative estimate of drug-likeness (QED) is 0.533. The summed E-state index contributed by atoms with van der Waals surface area (Å²) in [6.07, 6.45) is 2.36. The lowest BCUT2D eigenvalue weighted by atomic mass is 10.1. The van der Waals surface area contributed by atoms with Crippen molar-refractivity contribution >= 4 is 28.4 Å². The molecule has 0 spiro atoms. The Kier molecular flexibility index (Phi) is 4.66. The molecule has 2 amide bonds. The van der Waals surface area contributed by atoms with E-state index >= 15 is 0 Å². The molecule has 3 heterocycles. The van der Waals surface area contributed by atoms with E-state index in [1.54, 1.807) is 13.1 Å². The van der Waals surface area contributed by atoms with E-state index in [1.807, 2.05) is 54.7 Å². The van der Waals surface area contributed by atoms with Crippen LogP contribution in [-0.4, -0.2) is 41.7 Å². The number of nitrogens with zero attached hydrogens (tertiary/aromatic N) is 2. The van der Waals surface area contributed by atoms with Gasteiger partial charge < -0.3 is 24.5 Å². The molecule has 1 aliphatic heterocycles. The number of nitrogens with one attached hydrogen (secondary N) is 2. The SMILES string of the molecule is CN1C(=O)C(NC(=O)c2cc(Cc3ccccc3)on2)COc2cc3[nH]ccc3cc21. The third kappa shape index (κ3) is 3.63. The number of aromatic nitrogens is 2. The molecule has 1 aliphatic rings. The number of aromatic amines is 1. The van der Waals surface area contributed by atoms with Crippen LogP contribution in [0.2, 0.25) is 0 Å². The maximum atomic E-state index is 13.0. The van der Waals surface area contributed by atoms with E-state index in [-0.39, 0.29) is 18.2 Å². The van der Waals surface area contributed by atoms with Crippen LogP contribution >= 0.6 is 0 Å². The number of carbonyl (C=O) groups excluding carboxylic acids is 2. The fourth-order valence-corrected chi connectivity index (χ4v) is 3.68. The number of hydrogen-bond acceptors (Lipinski definition) is 5. The normalized spacial score (nSPS) is 16.0. The number of amides is 2. The van der Waals surface area contributed by atoms with E-state index < -0.39 is 11.9 Å². The van der Waals surface area contributed by atoms with Crippen LogP contribution in [0, 0.1) is 0 Å². The van der Waals surface area contributed by atoms with Gasteiger partial charge in [-0.1, -0.05) is 35.5 Å². The van der Waals surface area contributed by atoms with Crippen molar-refractivity contribution < 1.29 is 18.8 Å². The van der Waals surface area contributed by atoms with E-state index in [2.05, 4.69) is 15.5 Å². The van der Waals surface area contributed by atoms with Crippen molar-refractivity contribution in [2.24, 2.45) is 0 Å². The van der Waals surface area contributed by atoms with Crippen LogP contribution in [-0.2, 0) is 11.2 Å². The van der Waals surface area contributed by atoms with Gasteiger partial charge in [-0.2, -0.15) is 0 Å². The van der Waals surface area contributed by atoms with Crippen molar-refractivity contribution in [1.82, 2.24) is 15.5 Å². The zero-order valence-electron chi connectivity index (χ0n) is 16.8. The molecule has 0 saturated carbocycles. The lowest BCUT2D eigenvalue weighted by molar-refractivity contribution is -0.120. The van der Waals surface area contributed by atoms with Crippen LogP contribution < -0.4 is 15.0 Å². The summed E-state index contributed by atoms with van der Waals surface area (Å²) in [6, 6.07) is 16.2. The minimum Gasteiger partial charge on any atom is -0.489 e. The molecule has 0 fully saturated rings.